The first kappa shape index (κ1) is 22.4. The summed E-state index contributed by atoms with van der Waals surface area (Å²) in [5.74, 6) is -1.02. The molecule has 0 saturated heterocycles. The van der Waals surface area contributed by atoms with Crippen molar-refractivity contribution in [1.29, 1.82) is 0 Å². The van der Waals surface area contributed by atoms with Gasteiger partial charge in [0.25, 0.3) is 0 Å². The van der Waals surface area contributed by atoms with Gasteiger partial charge in [-0.3, -0.25) is 9.78 Å². The first-order chi connectivity index (χ1) is 14.8. The second-order valence-corrected chi connectivity index (χ2v) is 8.93. The van der Waals surface area contributed by atoms with E-state index in [1.165, 1.54) is 19.2 Å². The normalized spacial score (nSPS) is 11.5. The fraction of sp³-hybridized carbons (Fsp3) is 0.227. The van der Waals surface area contributed by atoms with E-state index >= 15 is 0 Å². The predicted octanol–water partition coefficient (Wildman–Crippen LogP) is 2.89. The highest BCUT2D eigenvalue weighted by Crippen LogP contribution is 2.23. The molecule has 0 aliphatic carbocycles. The molecule has 2 heterocycles. The number of nitrogens with zero attached hydrogens (tertiary/aromatic N) is 2. The molecule has 2 aromatic heterocycles. The van der Waals surface area contributed by atoms with Gasteiger partial charge in [0.1, 0.15) is 5.69 Å². The van der Waals surface area contributed by atoms with Crippen molar-refractivity contribution in [1.82, 2.24) is 14.3 Å². The topological polar surface area (TPSA) is 109 Å². The second-order valence-electron chi connectivity index (χ2n) is 6.99. The highest BCUT2D eigenvalue weighted by molar-refractivity contribution is 7.89. The van der Waals surface area contributed by atoms with Gasteiger partial charge in [-0.15, -0.1) is 0 Å². The van der Waals surface area contributed by atoms with Gasteiger partial charge < -0.3 is 9.72 Å². The van der Waals surface area contributed by atoms with Crippen LogP contribution in [-0.2, 0) is 21.3 Å². The number of aromatic nitrogens is 2. The number of aromatic amines is 1. The van der Waals surface area contributed by atoms with Gasteiger partial charge in [-0.25, -0.2) is 13.2 Å². The summed E-state index contributed by atoms with van der Waals surface area (Å²) in [5, 5.41) is 0. The van der Waals surface area contributed by atoms with Gasteiger partial charge >= 0.3 is 5.97 Å². The number of H-pyrrole nitrogens is 1. The fourth-order valence-electron chi connectivity index (χ4n) is 3.38. The molecule has 31 heavy (non-hydrogen) atoms. The standard InChI is InChI=1S/C22H23N3O5S/c1-15-20(16(2)24-21(15)22(27)30-3)19(26)14-25(13-17-8-7-11-23-12-17)31(28,29)18-9-5-4-6-10-18/h4-12,24H,13-14H2,1-3H3. The first-order valence-corrected chi connectivity index (χ1v) is 10.9. The van der Waals surface area contributed by atoms with E-state index < -0.39 is 28.3 Å². The second kappa shape index (κ2) is 9.23. The van der Waals surface area contributed by atoms with Crippen LogP contribution >= 0.6 is 0 Å². The van der Waals surface area contributed by atoms with Crippen LogP contribution in [0.4, 0.5) is 0 Å². The lowest BCUT2D eigenvalue weighted by Crippen LogP contribution is -2.35. The summed E-state index contributed by atoms with van der Waals surface area (Å²) in [6.07, 6.45) is 3.14. The molecule has 0 aliphatic rings. The summed E-state index contributed by atoms with van der Waals surface area (Å²) in [6, 6.07) is 11.4. The number of methoxy groups -OCH3 is 1. The molecule has 0 bridgehead atoms. The maximum Gasteiger partial charge on any atom is 0.354 e. The molecule has 0 fully saturated rings. The first-order valence-electron chi connectivity index (χ1n) is 9.50. The van der Waals surface area contributed by atoms with Gasteiger partial charge in [-0.05, 0) is 43.2 Å². The maximum atomic E-state index is 13.3. The molecule has 3 aromatic rings. The molecule has 0 amide bonds. The van der Waals surface area contributed by atoms with Crippen molar-refractivity contribution in [2.75, 3.05) is 13.7 Å². The minimum atomic E-state index is -3.96. The number of ketones is 1. The Hall–Kier alpha value is -3.30. The number of hydrogen-bond acceptors (Lipinski definition) is 6. The van der Waals surface area contributed by atoms with E-state index in [2.05, 4.69) is 9.97 Å². The molecule has 0 aliphatic heterocycles. The van der Waals surface area contributed by atoms with Gasteiger partial charge in [-0.1, -0.05) is 24.3 Å². The van der Waals surface area contributed by atoms with Gasteiger partial charge in [-0.2, -0.15) is 4.31 Å². The quantitative estimate of drug-likeness (QED) is 0.425. The number of rotatable bonds is 8. The number of ether oxygens (including phenoxy) is 1. The minimum Gasteiger partial charge on any atom is -0.464 e. The Labute approximate surface area is 180 Å². The Balaban J connectivity index is 1.99. The van der Waals surface area contributed by atoms with Gasteiger partial charge in [0.05, 0.1) is 18.6 Å². The summed E-state index contributed by atoms with van der Waals surface area (Å²) in [5.41, 5.74) is 2.00. The SMILES string of the molecule is COC(=O)c1[nH]c(C)c(C(=O)CN(Cc2cccnc2)S(=O)(=O)c2ccccc2)c1C. The van der Waals surface area contributed by atoms with Crippen LogP contribution < -0.4 is 0 Å². The average Bonchev–Trinajstić information content (AvgIpc) is 3.08. The third-order valence-corrected chi connectivity index (χ3v) is 6.69. The van der Waals surface area contributed by atoms with Crippen LogP contribution in [0.15, 0.2) is 59.8 Å². The van der Waals surface area contributed by atoms with Crippen LogP contribution in [0.3, 0.4) is 0 Å². The zero-order valence-corrected chi connectivity index (χ0v) is 18.3. The largest absolute Gasteiger partial charge is 0.464 e. The highest BCUT2D eigenvalue weighted by atomic mass is 32.2. The smallest absolute Gasteiger partial charge is 0.354 e. The molecule has 0 spiro atoms. The molecule has 9 heteroatoms. The van der Waals surface area contributed by atoms with Crippen molar-refractivity contribution < 1.29 is 22.7 Å². The van der Waals surface area contributed by atoms with Crippen LogP contribution in [0.5, 0.6) is 0 Å². The number of pyridine rings is 1. The molecular formula is C22H23N3O5S. The number of sulfonamides is 1. The lowest BCUT2D eigenvalue weighted by Gasteiger charge is -2.22. The molecule has 0 atom stereocenters. The summed E-state index contributed by atoms with van der Waals surface area (Å²) in [4.78, 5) is 32.1. The van der Waals surface area contributed by atoms with Crippen molar-refractivity contribution in [3.05, 3.63) is 82.9 Å². The molecule has 0 saturated carbocycles. The Morgan fingerprint density at radius 3 is 2.42 bits per heavy atom. The number of Topliss-reactive ketones (excluding diaryl/α,β-unsaturated/α-hetero) is 1. The molecule has 0 radical (unpaired) electrons. The van der Waals surface area contributed by atoms with Gasteiger partial charge in [0, 0.05) is 30.2 Å². The van der Waals surface area contributed by atoms with Gasteiger partial charge in [0.2, 0.25) is 10.0 Å². The third-order valence-electron chi connectivity index (χ3n) is 4.89. The molecule has 0 unspecified atom stereocenters. The van der Waals surface area contributed by atoms with E-state index in [0.717, 1.165) is 4.31 Å². The fourth-order valence-corrected chi connectivity index (χ4v) is 4.78. The van der Waals surface area contributed by atoms with Crippen LogP contribution in [0.2, 0.25) is 0 Å². The molecule has 1 N–H and O–H groups in total. The molecule has 1 aromatic carbocycles. The van der Waals surface area contributed by atoms with Gasteiger partial charge in [0.15, 0.2) is 5.78 Å². The monoisotopic (exact) mass is 441 g/mol. The lowest BCUT2D eigenvalue weighted by atomic mass is 10.1. The van der Waals surface area contributed by atoms with Crippen molar-refractivity contribution in [3.8, 4) is 0 Å². The average molecular weight is 442 g/mol. The molecule has 8 nitrogen and oxygen atoms in total. The van der Waals surface area contributed by atoms with E-state index in [1.54, 1.807) is 56.6 Å². The maximum absolute atomic E-state index is 13.3. The third kappa shape index (κ3) is 4.73. The number of benzene rings is 1. The number of esters is 1. The summed E-state index contributed by atoms with van der Waals surface area (Å²) in [6.45, 7) is 2.86. The zero-order chi connectivity index (χ0) is 22.6. The van der Waals surface area contributed by atoms with Crippen LogP contribution in [0.25, 0.3) is 0 Å². The van der Waals surface area contributed by atoms with Crippen LogP contribution in [-0.4, -0.2) is 48.1 Å². The minimum absolute atomic E-state index is 0.0246. The van der Waals surface area contributed by atoms with E-state index in [9.17, 15) is 18.0 Å². The molecular weight excluding hydrogens is 418 g/mol. The number of carbonyl (C=O) groups is 2. The highest BCUT2D eigenvalue weighted by Gasteiger charge is 2.30. The summed E-state index contributed by atoms with van der Waals surface area (Å²) in [7, 11) is -2.71. The molecule has 3 rings (SSSR count). The zero-order valence-electron chi connectivity index (χ0n) is 17.5. The predicted molar refractivity (Wildman–Crippen MR) is 114 cm³/mol. The number of hydrogen-bond donors (Lipinski definition) is 1. The summed E-state index contributed by atoms with van der Waals surface area (Å²) >= 11 is 0. The van der Waals surface area contributed by atoms with E-state index in [1.807, 2.05) is 0 Å². The van der Waals surface area contributed by atoms with Crippen molar-refractivity contribution in [2.45, 2.75) is 25.3 Å². The van der Waals surface area contributed by atoms with Crippen molar-refractivity contribution >= 4 is 21.8 Å². The van der Waals surface area contributed by atoms with Crippen molar-refractivity contribution in [3.63, 3.8) is 0 Å². The Morgan fingerprint density at radius 1 is 1.10 bits per heavy atom. The van der Waals surface area contributed by atoms with E-state index in [-0.39, 0.29) is 22.7 Å². The Bertz CT molecular complexity index is 1190. The number of carbonyl (C=O) groups excluding carboxylic acids is 2. The van der Waals surface area contributed by atoms with E-state index in [4.69, 9.17) is 4.74 Å². The van der Waals surface area contributed by atoms with Crippen molar-refractivity contribution in [2.24, 2.45) is 0 Å². The molecule has 162 valence electrons. The number of nitrogens with one attached hydrogen (secondary N) is 1. The lowest BCUT2D eigenvalue weighted by molar-refractivity contribution is 0.0594. The summed E-state index contributed by atoms with van der Waals surface area (Å²) < 4.78 is 32.5. The Kier molecular flexibility index (Phi) is 6.67. The van der Waals surface area contributed by atoms with Crippen LogP contribution in [0, 0.1) is 13.8 Å². The number of aryl methyl sites for hydroxylation is 1. The Morgan fingerprint density at radius 2 is 1.81 bits per heavy atom. The van der Waals surface area contributed by atoms with E-state index in [0.29, 0.717) is 16.8 Å². The van der Waals surface area contributed by atoms with Crippen LogP contribution in [0.1, 0.15) is 37.7 Å².